The summed E-state index contributed by atoms with van der Waals surface area (Å²) < 4.78 is 26.5. The van der Waals surface area contributed by atoms with Gasteiger partial charge in [-0.05, 0) is 79.4 Å². The van der Waals surface area contributed by atoms with Crippen molar-refractivity contribution in [1.82, 2.24) is 14.8 Å². The molecule has 38 heavy (non-hydrogen) atoms. The van der Waals surface area contributed by atoms with Gasteiger partial charge in [-0.1, -0.05) is 41.6 Å². The number of hydrogen-bond acceptors (Lipinski definition) is 7. The zero-order chi connectivity index (χ0) is 27.4. The van der Waals surface area contributed by atoms with Crippen LogP contribution in [0.15, 0.2) is 59.8 Å². The van der Waals surface area contributed by atoms with Gasteiger partial charge in [-0.3, -0.25) is 14.7 Å². The molecule has 1 atom stereocenters. The predicted octanol–water partition coefficient (Wildman–Crippen LogP) is 6.68. The van der Waals surface area contributed by atoms with Gasteiger partial charge >= 0.3 is 0 Å². The zero-order valence-corrected chi connectivity index (χ0v) is 22.8. The van der Waals surface area contributed by atoms with E-state index in [2.05, 4.69) is 10.2 Å². The maximum atomic E-state index is 13.2. The quantitative estimate of drug-likeness (QED) is 0.122. The average molecular weight is 557 g/mol. The Morgan fingerprint density at radius 1 is 1.08 bits per heavy atom. The Morgan fingerprint density at radius 2 is 1.82 bits per heavy atom. The number of methoxy groups -OCH3 is 1. The summed E-state index contributed by atoms with van der Waals surface area (Å²) >= 11 is 7.80. The fourth-order valence-corrected chi connectivity index (χ4v) is 5.28. The molecule has 1 heterocycles. The minimum absolute atomic E-state index is 0.140. The van der Waals surface area contributed by atoms with E-state index in [4.69, 9.17) is 21.1 Å². The zero-order valence-electron chi connectivity index (χ0n) is 21.3. The van der Waals surface area contributed by atoms with Crippen LogP contribution in [-0.2, 0) is 6.61 Å². The predicted molar refractivity (Wildman–Crippen MR) is 145 cm³/mol. The molecule has 0 aliphatic carbocycles. The molecule has 0 N–H and O–H groups in total. The first-order valence-corrected chi connectivity index (χ1v) is 12.9. The Kier molecular flexibility index (Phi) is 8.53. The molecule has 4 aromatic rings. The van der Waals surface area contributed by atoms with Gasteiger partial charge in [0.15, 0.2) is 16.7 Å². The van der Waals surface area contributed by atoms with E-state index in [0.29, 0.717) is 28.0 Å². The van der Waals surface area contributed by atoms with E-state index in [9.17, 15) is 14.5 Å². The van der Waals surface area contributed by atoms with Crippen molar-refractivity contribution in [3.8, 4) is 17.2 Å². The second-order valence-corrected chi connectivity index (χ2v) is 10.3. The van der Waals surface area contributed by atoms with E-state index < -0.39 is 5.25 Å². The topological polar surface area (TPSA) is 92.3 Å². The number of thioether (sulfide) groups is 1. The lowest BCUT2D eigenvalue weighted by molar-refractivity contribution is -0.479. The Balaban J connectivity index is 1.65. The van der Waals surface area contributed by atoms with Gasteiger partial charge in [0.25, 0.3) is 0 Å². The van der Waals surface area contributed by atoms with Gasteiger partial charge < -0.3 is 9.47 Å². The number of nitrogens with zero attached hydrogens (tertiary/aromatic N) is 4. The van der Waals surface area contributed by atoms with Crippen molar-refractivity contribution in [2.75, 3.05) is 13.7 Å². The Labute approximate surface area is 228 Å². The molecule has 0 aliphatic rings. The van der Waals surface area contributed by atoms with Crippen LogP contribution in [-0.4, -0.2) is 33.3 Å². The van der Waals surface area contributed by atoms with E-state index in [-0.39, 0.29) is 28.9 Å². The minimum atomic E-state index is -0.642. The molecule has 0 amide bonds. The van der Waals surface area contributed by atoms with Gasteiger partial charge in [-0.15, -0.1) is 10.2 Å². The second-order valence-electron chi connectivity index (χ2n) is 8.70. The summed E-state index contributed by atoms with van der Waals surface area (Å²) in [7, 11) is 1.47. The van der Waals surface area contributed by atoms with Gasteiger partial charge in [-0.2, -0.15) is 0 Å². The molecule has 8 nitrogen and oxygen atoms in total. The molecular formula is C27H26ClFN4O4S. The lowest BCUT2D eigenvalue weighted by Gasteiger charge is -2.18. The smallest absolute Gasteiger partial charge is 0.220 e. The molecule has 0 unspecified atom stereocenters. The molecule has 0 bridgehead atoms. The highest BCUT2D eigenvalue weighted by molar-refractivity contribution is 7.99. The fourth-order valence-electron chi connectivity index (χ4n) is 3.86. The van der Waals surface area contributed by atoms with Crippen LogP contribution in [0.1, 0.15) is 33.3 Å². The summed E-state index contributed by atoms with van der Waals surface area (Å²) in [6.07, 6.45) is 0. The molecule has 0 saturated carbocycles. The largest absolute Gasteiger partial charge is 0.493 e. The summed E-state index contributed by atoms with van der Waals surface area (Å²) in [4.78, 5) is 11.3. The summed E-state index contributed by atoms with van der Waals surface area (Å²) in [5.74, 6) is 0.943. The number of hydrogen-bond donors (Lipinski definition) is 0. The molecule has 0 aliphatic heterocycles. The molecule has 4 rings (SSSR count). The van der Waals surface area contributed by atoms with Crippen LogP contribution in [0, 0.1) is 36.7 Å². The van der Waals surface area contributed by atoms with Gasteiger partial charge in [-0.25, -0.2) is 4.39 Å². The highest BCUT2D eigenvalue weighted by Gasteiger charge is 2.26. The molecule has 0 radical (unpaired) electrons. The van der Waals surface area contributed by atoms with Crippen LogP contribution >= 0.6 is 23.4 Å². The van der Waals surface area contributed by atoms with Crippen molar-refractivity contribution >= 4 is 23.4 Å². The molecule has 3 aromatic carbocycles. The third-order valence-electron chi connectivity index (χ3n) is 6.03. The number of halogens is 2. The highest BCUT2D eigenvalue weighted by Crippen LogP contribution is 2.43. The molecule has 0 fully saturated rings. The van der Waals surface area contributed by atoms with E-state index in [1.807, 2.05) is 43.5 Å². The van der Waals surface area contributed by atoms with Crippen LogP contribution in [0.25, 0.3) is 5.69 Å². The monoisotopic (exact) mass is 556 g/mol. The third-order valence-corrected chi connectivity index (χ3v) is 7.49. The van der Waals surface area contributed by atoms with Crippen molar-refractivity contribution in [3.05, 3.63) is 104 Å². The van der Waals surface area contributed by atoms with Crippen molar-refractivity contribution in [1.29, 1.82) is 0 Å². The maximum Gasteiger partial charge on any atom is 0.220 e. The summed E-state index contributed by atoms with van der Waals surface area (Å²) in [6, 6.07) is 15.2. The van der Waals surface area contributed by atoms with E-state index in [1.54, 1.807) is 24.3 Å². The highest BCUT2D eigenvalue weighted by atomic mass is 35.5. The van der Waals surface area contributed by atoms with Crippen molar-refractivity contribution in [2.45, 2.75) is 37.8 Å². The fraction of sp³-hybridized carbons (Fsp3) is 0.259. The number of rotatable bonds is 10. The molecule has 0 saturated heterocycles. The normalized spacial score (nSPS) is 11.8. The molecule has 11 heteroatoms. The van der Waals surface area contributed by atoms with Crippen molar-refractivity contribution in [2.24, 2.45) is 0 Å². The Hall–Kier alpha value is -3.63. The first-order chi connectivity index (χ1) is 18.2. The third kappa shape index (κ3) is 6.25. The lowest BCUT2D eigenvalue weighted by Crippen LogP contribution is -2.12. The van der Waals surface area contributed by atoms with Crippen LogP contribution < -0.4 is 9.47 Å². The Bertz CT molecular complexity index is 1460. The number of aromatic nitrogens is 3. The van der Waals surface area contributed by atoms with Crippen LogP contribution in [0.4, 0.5) is 4.39 Å². The van der Waals surface area contributed by atoms with Crippen LogP contribution in [0.2, 0.25) is 5.02 Å². The van der Waals surface area contributed by atoms with E-state index in [0.717, 1.165) is 22.4 Å². The molecule has 1 aromatic heterocycles. The summed E-state index contributed by atoms with van der Waals surface area (Å²) in [5, 5.41) is 20.3. The second kappa shape index (κ2) is 11.8. The Morgan fingerprint density at radius 3 is 2.47 bits per heavy atom. The first kappa shape index (κ1) is 27.4. The van der Waals surface area contributed by atoms with Crippen LogP contribution in [0.3, 0.4) is 0 Å². The number of nitro groups is 1. The van der Waals surface area contributed by atoms with Gasteiger partial charge in [0.1, 0.15) is 23.5 Å². The summed E-state index contributed by atoms with van der Waals surface area (Å²) in [6.45, 7) is 5.65. The van der Waals surface area contributed by atoms with Gasteiger partial charge in [0.2, 0.25) is 6.54 Å². The first-order valence-electron chi connectivity index (χ1n) is 11.7. The SMILES string of the molecule is COc1cc([C@@H](C[N+](=O)[O-])Sc2nnc(C)n2-c2ccc(C)c(C)c2)cc(Cl)c1OCc1ccc(F)cc1. The average Bonchev–Trinajstić information content (AvgIpc) is 3.24. The standard InChI is InChI=1S/C27H26ClFN4O4S/c1-16-5-10-22(11-17(16)2)33-18(3)30-31-27(33)38-25(14-32(34)35)20-12-23(28)26(24(13-20)36-4)37-15-19-6-8-21(29)9-7-19/h5-13,25H,14-15H2,1-4H3/t25-/m1/s1. The molecule has 0 spiro atoms. The van der Waals surface area contributed by atoms with Crippen LogP contribution in [0.5, 0.6) is 11.5 Å². The summed E-state index contributed by atoms with van der Waals surface area (Å²) in [5.41, 5.74) is 4.47. The van der Waals surface area contributed by atoms with E-state index in [1.165, 1.54) is 31.0 Å². The van der Waals surface area contributed by atoms with Crippen molar-refractivity contribution in [3.63, 3.8) is 0 Å². The number of aryl methyl sites for hydroxylation is 3. The molecular weight excluding hydrogens is 531 g/mol. The molecule has 198 valence electrons. The number of benzene rings is 3. The number of ether oxygens (including phenoxy) is 2. The van der Waals surface area contributed by atoms with E-state index >= 15 is 0 Å². The lowest BCUT2D eigenvalue weighted by atomic mass is 10.1. The maximum absolute atomic E-state index is 13.2. The van der Waals surface area contributed by atoms with Crippen molar-refractivity contribution < 1.29 is 18.8 Å². The van der Waals surface area contributed by atoms with Gasteiger partial charge in [0.05, 0.1) is 12.1 Å². The van der Waals surface area contributed by atoms with Gasteiger partial charge in [0, 0.05) is 10.6 Å². The minimum Gasteiger partial charge on any atom is -0.493 e.